The lowest BCUT2D eigenvalue weighted by atomic mass is 10.2. The zero-order valence-corrected chi connectivity index (χ0v) is 11.6. The minimum Gasteiger partial charge on any atom is -0.468 e. The first kappa shape index (κ1) is 15.9. The van der Waals surface area contributed by atoms with Gasteiger partial charge < -0.3 is 14.5 Å². The van der Waals surface area contributed by atoms with Crippen LogP contribution in [0.3, 0.4) is 0 Å². The van der Waals surface area contributed by atoms with Crippen molar-refractivity contribution in [2.45, 2.75) is 19.6 Å². The van der Waals surface area contributed by atoms with Crippen LogP contribution < -0.4 is 10.1 Å². The number of carbonyl (C=O) groups is 1. The number of aromatic nitrogens is 1. The highest BCUT2D eigenvalue weighted by molar-refractivity contribution is 5.91. The van der Waals surface area contributed by atoms with E-state index < -0.39 is 18.7 Å². The summed E-state index contributed by atoms with van der Waals surface area (Å²) >= 11 is 0. The molecule has 22 heavy (non-hydrogen) atoms. The fourth-order valence-corrected chi connectivity index (χ4v) is 1.66. The number of nitrogens with one attached hydrogen (secondary N) is 1. The summed E-state index contributed by atoms with van der Waals surface area (Å²) in [6.07, 6.45) is -3.14. The summed E-state index contributed by atoms with van der Waals surface area (Å²) in [5.74, 6) is 0.0642. The molecule has 2 rings (SSSR count). The molecule has 2 aromatic rings. The Labute approximate surface area is 124 Å². The SMILES string of the molecule is Cc1ccc(C(=O)NCc2cccnc2OCC(F)(F)F)o1. The predicted molar refractivity (Wildman–Crippen MR) is 70.4 cm³/mol. The molecule has 1 amide bonds. The third kappa shape index (κ3) is 4.51. The van der Waals surface area contributed by atoms with E-state index in [0.717, 1.165) is 0 Å². The second-order valence-electron chi connectivity index (χ2n) is 4.46. The van der Waals surface area contributed by atoms with Crippen LogP contribution in [0.25, 0.3) is 0 Å². The van der Waals surface area contributed by atoms with Crippen LogP contribution in [0.15, 0.2) is 34.9 Å². The fraction of sp³-hybridized carbons (Fsp3) is 0.286. The van der Waals surface area contributed by atoms with Crippen molar-refractivity contribution < 1.29 is 27.1 Å². The van der Waals surface area contributed by atoms with Crippen LogP contribution >= 0.6 is 0 Å². The molecule has 0 aliphatic heterocycles. The number of ether oxygens (including phenoxy) is 1. The van der Waals surface area contributed by atoms with Gasteiger partial charge in [0.1, 0.15) is 5.76 Å². The van der Waals surface area contributed by atoms with Gasteiger partial charge >= 0.3 is 6.18 Å². The number of hydrogen-bond acceptors (Lipinski definition) is 4. The minimum atomic E-state index is -4.45. The van der Waals surface area contributed by atoms with Crippen LogP contribution in [0.5, 0.6) is 5.88 Å². The first-order chi connectivity index (χ1) is 10.3. The maximum Gasteiger partial charge on any atom is 0.422 e. The number of furan rings is 1. The van der Waals surface area contributed by atoms with Gasteiger partial charge in [0.15, 0.2) is 12.4 Å². The Morgan fingerprint density at radius 2 is 2.14 bits per heavy atom. The lowest BCUT2D eigenvalue weighted by molar-refractivity contribution is -0.154. The third-order valence-electron chi connectivity index (χ3n) is 2.63. The second-order valence-corrected chi connectivity index (χ2v) is 4.46. The van der Waals surface area contributed by atoms with E-state index >= 15 is 0 Å². The number of halogens is 3. The van der Waals surface area contributed by atoms with E-state index in [1.165, 1.54) is 18.3 Å². The number of pyridine rings is 1. The molecule has 0 bridgehead atoms. The van der Waals surface area contributed by atoms with Gasteiger partial charge in [-0.2, -0.15) is 13.2 Å². The quantitative estimate of drug-likeness (QED) is 0.921. The molecular weight excluding hydrogens is 301 g/mol. The first-order valence-electron chi connectivity index (χ1n) is 6.33. The molecule has 2 heterocycles. The highest BCUT2D eigenvalue weighted by Gasteiger charge is 2.29. The number of nitrogens with zero attached hydrogens (tertiary/aromatic N) is 1. The molecule has 0 radical (unpaired) electrons. The minimum absolute atomic E-state index is 0.0282. The van der Waals surface area contributed by atoms with Gasteiger partial charge in [0.2, 0.25) is 5.88 Å². The average Bonchev–Trinajstić information content (AvgIpc) is 2.89. The molecule has 118 valence electrons. The zero-order valence-electron chi connectivity index (χ0n) is 11.6. The molecular formula is C14H13F3N2O3. The smallest absolute Gasteiger partial charge is 0.422 e. The van der Waals surface area contributed by atoms with Gasteiger partial charge in [-0.05, 0) is 25.1 Å². The molecule has 0 saturated heterocycles. The number of aryl methyl sites for hydroxylation is 1. The van der Waals surface area contributed by atoms with Crippen LogP contribution in [0.4, 0.5) is 13.2 Å². The van der Waals surface area contributed by atoms with Gasteiger partial charge in [0, 0.05) is 18.3 Å². The largest absolute Gasteiger partial charge is 0.468 e. The van der Waals surface area contributed by atoms with Crippen LogP contribution in [-0.2, 0) is 6.54 Å². The monoisotopic (exact) mass is 314 g/mol. The maximum atomic E-state index is 12.2. The summed E-state index contributed by atoms with van der Waals surface area (Å²) in [5.41, 5.74) is 0.336. The van der Waals surface area contributed by atoms with Crippen LogP contribution in [0.2, 0.25) is 0 Å². The Bertz CT molecular complexity index is 653. The van der Waals surface area contributed by atoms with E-state index in [0.29, 0.717) is 11.3 Å². The molecule has 8 heteroatoms. The summed E-state index contributed by atoms with van der Waals surface area (Å²) in [7, 11) is 0. The normalized spacial score (nSPS) is 11.3. The number of amides is 1. The Morgan fingerprint density at radius 3 is 2.77 bits per heavy atom. The summed E-state index contributed by atoms with van der Waals surface area (Å²) in [6.45, 7) is 0.225. The number of alkyl halides is 3. The molecule has 0 saturated carbocycles. The number of carbonyl (C=O) groups excluding carboxylic acids is 1. The molecule has 5 nitrogen and oxygen atoms in total. The molecule has 0 aliphatic carbocycles. The standard InChI is InChI=1S/C14H13F3N2O3/c1-9-4-5-11(22-9)12(20)19-7-10-3-2-6-18-13(10)21-8-14(15,16)17/h2-6H,7-8H2,1H3,(H,19,20). The van der Waals surface area contributed by atoms with Crippen molar-refractivity contribution in [3.63, 3.8) is 0 Å². The summed E-state index contributed by atoms with van der Waals surface area (Å²) in [5, 5.41) is 2.53. The van der Waals surface area contributed by atoms with E-state index in [-0.39, 0.29) is 18.2 Å². The predicted octanol–water partition coefficient (Wildman–Crippen LogP) is 2.85. The van der Waals surface area contributed by atoms with Gasteiger partial charge in [0.05, 0.1) is 0 Å². The molecule has 1 N–H and O–H groups in total. The Kier molecular flexibility index (Phi) is 4.69. The molecule has 2 aromatic heterocycles. The van der Waals surface area contributed by atoms with Crippen molar-refractivity contribution in [2.75, 3.05) is 6.61 Å². The summed E-state index contributed by atoms with van der Waals surface area (Å²) in [6, 6.07) is 6.21. The van der Waals surface area contributed by atoms with Crippen LogP contribution in [0, 0.1) is 6.92 Å². The zero-order chi connectivity index (χ0) is 16.2. The average molecular weight is 314 g/mol. The summed E-state index contributed by atoms with van der Waals surface area (Å²) in [4.78, 5) is 15.6. The van der Waals surface area contributed by atoms with E-state index in [1.54, 1.807) is 19.1 Å². The number of rotatable bonds is 5. The number of hydrogen-bond donors (Lipinski definition) is 1. The van der Waals surface area contributed by atoms with Crippen molar-refractivity contribution in [3.05, 3.63) is 47.5 Å². The maximum absolute atomic E-state index is 12.2. The van der Waals surface area contributed by atoms with Gasteiger partial charge in [-0.3, -0.25) is 4.79 Å². The van der Waals surface area contributed by atoms with Gasteiger partial charge in [-0.1, -0.05) is 6.07 Å². The molecule has 0 atom stereocenters. The van der Waals surface area contributed by atoms with Gasteiger partial charge in [0.25, 0.3) is 5.91 Å². The Morgan fingerprint density at radius 1 is 1.36 bits per heavy atom. The van der Waals surface area contributed by atoms with E-state index in [9.17, 15) is 18.0 Å². The third-order valence-corrected chi connectivity index (χ3v) is 2.63. The van der Waals surface area contributed by atoms with Crippen LogP contribution in [0.1, 0.15) is 21.9 Å². The first-order valence-corrected chi connectivity index (χ1v) is 6.33. The van der Waals surface area contributed by atoms with Crippen molar-refractivity contribution in [1.29, 1.82) is 0 Å². The Hall–Kier alpha value is -2.51. The van der Waals surface area contributed by atoms with Crippen LogP contribution in [-0.4, -0.2) is 23.7 Å². The molecule has 0 unspecified atom stereocenters. The molecule has 0 spiro atoms. The van der Waals surface area contributed by atoms with E-state index in [2.05, 4.69) is 15.0 Å². The molecule has 0 aliphatic rings. The highest BCUT2D eigenvalue weighted by atomic mass is 19.4. The van der Waals surface area contributed by atoms with E-state index in [1.807, 2.05) is 0 Å². The fourth-order valence-electron chi connectivity index (χ4n) is 1.66. The Balaban J connectivity index is 1.99. The summed E-state index contributed by atoms with van der Waals surface area (Å²) < 4.78 is 46.3. The lowest BCUT2D eigenvalue weighted by Gasteiger charge is -2.12. The van der Waals surface area contributed by atoms with E-state index in [4.69, 9.17) is 4.42 Å². The van der Waals surface area contributed by atoms with Crippen molar-refractivity contribution in [3.8, 4) is 5.88 Å². The topological polar surface area (TPSA) is 64.4 Å². The molecule has 0 fully saturated rings. The highest BCUT2D eigenvalue weighted by Crippen LogP contribution is 2.20. The van der Waals surface area contributed by atoms with Gasteiger partial charge in [-0.15, -0.1) is 0 Å². The second kappa shape index (κ2) is 6.50. The molecule has 0 aromatic carbocycles. The lowest BCUT2D eigenvalue weighted by Crippen LogP contribution is -2.24. The van der Waals surface area contributed by atoms with Crippen molar-refractivity contribution in [2.24, 2.45) is 0 Å². The van der Waals surface area contributed by atoms with Crippen molar-refractivity contribution in [1.82, 2.24) is 10.3 Å². The van der Waals surface area contributed by atoms with Gasteiger partial charge in [-0.25, -0.2) is 4.98 Å². The van der Waals surface area contributed by atoms with Crippen molar-refractivity contribution >= 4 is 5.91 Å².